The Morgan fingerprint density at radius 1 is 0.714 bits per heavy atom. The van der Waals surface area contributed by atoms with E-state index >= 15 is 0 Å². The fraction of sp³-hybridized carbons (Fsp3) is 0.500. The lowest BCUT2D eigenvalue weighted by Gasteiger charge is -2.03. The van der Waals surface area contributed by atoms with Gasteiger partial charge in [0.1, 0.15) is 0 Å². The summed E-state index contributed by atoms with van der Waals surface area (Å²) in [5.41, 5.74) is 9.15. The van der Waals surface area contributed by atoms with Crippen LogP contribution in [0.2, 0.25) is 0 Å². The van der Waals surface area contributed by atoms with Gasteiger partial charge in [0, 0.05) is 19.5 Å². The zero-order valence-corrected chi connectivity index (χ0v) is 19.7. The molecule has 3 aromatic heterocycles. The number of nitrogens with two attached hydrogens (primary N) is 1. The zero-order chi connectivity index (χ0) is 19.8. The molecule has 0 amide bonds. The second kappa shape index (κ2) is 11.2. The van der Waals surface area contributed by atoms with Crippen molar-refractivity contribution in [2.75, 3.05) is 5.73 Å². The lowest BCUT2D eigenvalue weighted by atomic mass is 10.1. The minimum atomic E-state index is 0.947. The Bertz CT molecular complexity index is 840. The van der Waals surface area contributed by atoms with E-state index in [1.165, 1.54) is 88.4 Å². The first-order valence-electron chi connectivity index (χ1n) is 10.8. The third kappa shape index (κ3) is 5.71. The van der Waals surface area contributed by atoms with E-state index in [0.29, 0.717) is 0 Å². The minimum Gasteiger partial charge on any atom is -0.391 e. The van der Waals surface area contributed by atoms with Gasteiger partial charge in [0.25, 0.3) is 0 Å². The van der Waals surface area contributed by atoms with Crippen LogP contribution in [0, 0.1) is 0 Å². The van der Waals surface area contributed by atoms with Crippen LogP contribution in [0.25, 0.3) is 19.5 Å². The van der Waals surface area contributed by atoms with Crippen molar-refractivity contribution >= 4 is 39.0 Å². The molecule has 0 spiro atoms. The minimum absolute atomic E-state index is 0.947. The zero-order valence-electron chi connectivity index (χ0n) is 17.3. The predicted molar refractivity (Wildman–Crippen MR) is 131 cm³/mol. The highest BCUT2D eigenvalue weighted by atomic mass is 32.1. The van der Waals surface area contributed by atoms with Crippen molar-refractivity contribution in [2.24, 2.45) is 0 Å². The topological polar surface area (TPSA) is 26.0 Å². The Morgan fingerprint density at radius 2 is 1.36 bits per heavy atom. The van der Waals surface area contributed by atoms with Crippen LogP contribution in [0.1, 0.15) is 76.3 Å². The van der Waals surface area contributed by atoms with Crippen molar-refractivity contribution in [2.45, 2.75) is 78.1 Å². The predicted octanol–water partition coefficient (Wildman–Crippen LogP) is 9.03. The molecular formula is C24H33NS3. The molecule has 0 saturated heterocycles. The van der Waals surface area contributed by atoms with Gasteiger partial charge in [0.05, 0.1) is 5.00 Å². The quantitative estimate of drug-likeness (QED) is 0.284. The van der Waals surface area contributed by atoms with Crippen molar-refractivity contribution in [1.82, 2.24) is 0 Å². The van der Waals surface area contributed by atoms with E-state index < -0.39 is 0 Å². The van der Waals surface area contributed by atoms with Crippen LogP contribution in [-0.4, -0.2) is 0 Å². The second-order valence-corrected chi connectivity index (χ2v) is 10.6. The normalized spacial score (nSPS) is 11.4. The number of aryl methyl sites for hydroxylation is 2. The van der Waals surface area contributed by atoms with Crippen LogP contribution >= 0.6 is 34.0 Å². The highest BCUT2D eigenvalue weighted by Crippen LogP contribution is 2.43. The van der Waals surface area contributed by atoms with Gasteiger partial charge in [-0.3, -0.25) is 0 Å². The summed E-state index contributed by atoms with van der Waals surface area (Å²) in [6.45, 7) is 4.54. The van der Waals surface area contributed by atoms with E-state index in [1.54, 1.807) is 11.3 Å². The maximum absolute atomic E-state index is 6.18. The highest BCUT2D eigenvalue weighted by Gasteiger charge is 2.15. The van der Waals surface area contributed by atoms with Gasteiger partial charge in [-0.1, -0.05) is 52.4 Å². The van der Waals surface area contributed by atoms with Crippen molar-refractivity contribution in [1.29, 1.82) is 0 Å². The summed E-state index contributed by atoms with van der Waals surface area (Å²) in [6.07, 6.45) is 12.9. The third-order valence-electron chi connectivity index (χ3n) is 5.23. The highest BCUT2D eigenvalue weighted by molar-refractivity contribution is 7.27. The summed E-state index contributed by atoms with van der Waals surface area (Å²) in [5.74, 6) is 0. The van der Waals surface area contributed by atoms with Crippen LogP contribution in [0.3, 0.4) is 0 Å². The standard InChI is InChI=1S/C24H33NS3/c1-3-5-7-9-11-18-15-16-26-23(18)20-13-14-21(27-20)24-19(17-22(25)28-24)12-10-8-6-4-2/h13-17H,3-12,25H2,1-2H3. The fourth-order valence-electron chi connectivity index (χ4n) is 3.66. The molecule has 3 aromatic rings. The molecule has 3 heterocycles. The van der Waals surface area contributed by atoms with Crippen LogP contribution in [0.5, 0.6) is 0 Å². The maximum atomic E-state index is 6.18. The van der Waals surface area contributed by atoms with E-state index in [9.17, 15) is 0 Å². The SMILES string of the molecule is CCCCCCc1ccsc1-c1ccc(-c2sc(N)cc2CCCCCC)s1. The van der Waals surface area contributed by atoms with Gasteiger partial charge in [0.2, 0.25) is 0 Å². The molecule has 0 fully saturated rings. The van der Waals surface area contributed by atoms with Crippen molar-refractivity contribution in [3.05, 3.63) is 40.8 Å². The molecular weight excluding hydrogens is 398 g/mol. The van der Waals surface area contributed by atoms with Crippen molar-refractivity contribution in [3.8, 4) is 19.5 Å². The van der Waals surface area contributed by atoms with Gasteiger partial charge >= 0.3 is 0 Å². The Hall–Kier alpha value is -1.10. The molecule has 0 atom stereocenters. The molecule has 2 N–H and O–H groups in total. The van der Waals surface area contributed by atoms with E-state index in [0.717, 1.165) is 11.4 Å². The lowest BCUT2D eigenvalue weighted by Crippen LogP contribution is -1.85. The van der Waals surface area contributed by atoms with Crippen LogP contribution in [0.15, 0.2) is 29.6 Å². The van der Waals surface area contributed by atoms with Gasteiger partial charge in [0.15, 0.2) is 0 Å². The van der Waals surface area contributed by atoms with Gasteiger partial charge < -0.3 is 5.73 Å². The first kappa shape index (κ1) is 21.6. The molecule has 1 nitrogen and oxygen atoms in total. The third-order valence-corrected chi connectivity index (χ3v) is 8.64. The number of hydrogen-bond acceptors (Lipinski definition) is 4. The average Bonchev–Trinajstić information content (AvgIpc) is 3.41. The summed E-state index contributed by atoms with van der Waals surface area (Å²) in [5, 5.41) is 3.20. The molecule has 0 aliphatic rings. The van der Waals surface area contributed by atoms with Crippen LogP contribution < -0.4 is 5.73 Å². The Labute approximate surface area is 182 Å². The molecule has 0 saturated carbocycles. The number of thiophene rings is 3. The molecule has 0 aliphatic heterocycles. The van der Waals surface area contributed by atoms with Crippen LogP contribution in [0.4, 0.5) is 5.00 Å². The Balaban J connectivity index is 1.72. The fourth-order valence-corrected chi connectivity index (χ4v) is 6.91. The van der Waals surface area contributed by atoms with Gasteiger partial charge in [-0.25, -0.2) is 0 Å². The number of rotatable bonds is 12. The van der Waals surface area contributed by atoms with E-state index in [-0.39, 0.29) is 0 Å². The molecule has 3 rings (SSSR count). The van der Waals surface area contributed by atoms with Crippen LogP contribution in [-0.2, 0) is 12.8 Å². The molecule has 152 valence electrons. The number of hydrogen-bond donors (Lipinski definition) is 1. The summed E-state index contributed by atoms with van der Waals surface area (Å²) >= 11 is 5.59. The largest absolute Gasteiger partial charge is 0.391 e. The summed E-state index contributed by atoms with van der Waals surface area (Å²) in [4.78, 5) is 5.67. The smallest absolute Gasteiger partial charge is 0.0865 e. The molecule has 28 heavy (non-hydrogen) atoms. The van der Waals surface area contributed by atoms with E-state index in [4.69, 9.17) is 5.73 Å². The van der Waals surface area contributed by atoms with Gasteiger partial charge in [-0.15, -0.1) is 34.0 Å². The molecule has 0 radical (unpaired) electrons. The molecule has 0 unspecified atom stereocenters. The second-order valence-electron chi connectivity index (χ2n) is 7.56. The summed E-state index contributed by atoms with van der Waals surface area (Å²) in [6, 6.07) is 9.16. The van der Waals surface area contributed by atoms with E-state index in [2.05, 4.69) is 43.5 Å². The molecule has 0 bridgehead atoms. The van der Waals surface area contributed by atoms with Crippen molar-refractivity contribution < 1.29 is 0 Å². The maximum Gasteiger partial charge on any atom is 0.0865 e. The van der Waals surface area contributed by atoms with Gasteiger partial charge in [-0.05, 0) is 66.5 Å². The molecule has 0 aliphatic carbocycles. The number of anilines is 1. The first-order chi connectivity index (χ1) is 13.7. The molecule has 0 aromatic carbocycles. The molecule has 4 heteroatoms. The van der Waals surface area contributed by atoms with Gasteiger partial charge in [-0.2, -0.15) is 0 Å². The summed E-state index contributed by atoms with van der Waals surface area (Å²) < 4.78 is 0. The first-order valence-corrected chi connectivity index (χ1v) is 13.3. The number of unbranched alkanes of at least 4 members (excludes halogenated alkanes) is 6. The Morgan fingerprint density at radius 3 is 2.04 bits per heavy atom. The number of nitrogen functional groups attached to an aromatic ring is 1. The van der Waals surface area contributed by atoms with E-state index in [1.807, 2.05) is 22.7 Å². The lowest BCUT2D eigenvalue weighted by molar-refractivity contribution is 0.668. The van der Waals surface area contributed by atoms with Crippen molar-refractivity contribution in [3.63, 3.8) is 0 Å². The average molecular weight is 432 g/mol. The summed E-state index contributed by atoms with van der Waals surface area (Å²) in [7, 11) is 0. The Kier molecular flexibility index (Phi) is 8.63. The monoisotopic (exact) mass is 431 g/mol.